The van der Waals surface area contributed by atoms with Gasteiger partial charge in [-0.25, -0.2) is 0 Å². The third-order valence-corrected chi connectivity index (χ3v) is 5.03. The lowest BCUT2D eigenvalue weighted by Gasteiger charge is -2.37. The molecule has 3 aromatic carbocycles. The van der Waals surface area contributed by atoms with E-state index in [1.54, 1.807) is 31.4 Å². The first-order chi connectivity index (χ1) is 12.6. The van der Waals surface area contributed by atoms with Crippen LogP contribution in [0.5, 0.6) is 23.0 Å². The molecule has 0 aromatic heterocycles. The van der Waals surface area contributed by atoms with Crippen LogP contribution in [0.25, 0.3) is 0 Å². The predicted molar refractivity (Wildman–Crippen MR) is 93.5 cm³/mol. The second kappa shape index (κ2) is 5.24. The van der Waals surface area contributed by atoms with Crippen LogP contribution in [0, 0.1) is 0 Å². The molecule has 2 N–H and O–H groups in total. The molecule has 0 saturated carbocycles. The maximum atomic E-state index is 10.6. The molecule has 2 aliphatic heterocycles. The predicted octanol–water partition coefficient (Wildman–Crippen LogP) is 3.82. The molecule has 0 aliphatic carbocycles. The van der Waals surface area contributed by atoms with E-state index in [1.807, 2.05) is 36.4 Å². The summed E-state index contributed by atoms with van der Waals surface area (Å²) in [5.41, 5.74) is 2.07. The molecule has 0 saturated heterocycles. The van der Waals surface area contributed by atoms with Crippen molar-refractivity contribution in [3.8, 4) is 23.0 Å². The number of hydrogen-bond acceptors (Lipinski definition) is 5. The van der Waals surface area contributed by atoms with Crippen LogP contribution >= 0.6 is 0 Å². The van der Waals surface area contributed by atoms with E-state index >= 15 is 0 Å². The summed E-state index contributed by atoms with van der Waals surface area (Å²) in [6.45, 7) is 0. The van der Waals surface area contributed by atoms with Gasteiger partial charge in [-0.2, -0.15) is 0 Å². The summed E-state index contributed by atoms with van der Waals surface area (Å²) >= 11 is 0. The number of aliphatic hydroxyl groups excluding tert-OH is 1. The number of phenols is 1. The molecule has 0 fully saturated rings. The Kier molecular flexibility index (Phi) is 3.07. The summed E-state index contributed by atoms with van der Waals surface area (Å²) in [6, 6.07) is 18.0. The number of rotatable bonds is 1. The van der Waals surface area contributed by atoms with E-state index in [-0.39, 0.29) is 5.75 Å². The lowest BCUT2D eigenvalue weighted by Crippen LogP contribution is -2.32. The summed E-state index contributed by atoms with van der Waals surface area (Å²) in [6.07, 6.45) is -1.05. The maximum absolute atomic E-state index is 10.6. The average Bonchev–Trinajstić information content (AvgIpc) is 2.95. The number of benzene rings is 3. The number of ether oxygens (including phenoxy) is 3. The Labute approximate surface area is 150 Å². The summed E-state index contributed by atoms with van der Waals surface area (Å²) in [7, 11) is 1.59. The fourth-order valence-corrected chi connectivity index (χ4v) is 3.90. The largest absolute Gasteiger partial charge is 0.508 e. The van der Waals surface area contributed by atoms with E-state index in [9.17, 15) is 10.2 Å². The van der Waals surface area contributed by atoms with Crippen molar-refractivity contribution in [2.45, 2.75) is 11.9 Å². The molecule has 26 heavy (non-hydrogen) atoms. The zero-order valence-electron chi connectivity index (χ0n) is 14.0. The SMILES string of the molecule is COc1ccc2c(c1)Oc1cc(O)ccc1C21OC(O)c2ccccc21. The molecule has 0 bridgehead atoms. The Hall–Kier alpha value is -3.02. The topological polar surface area (TPSA) is 68.2 Å². The van der Waals surface area contributed by atoms with Crippen LogP contribution in [0.15, 0.2) is 60.7 Å². The van der Waals surface area contributed by atoms with Gasteiger partial charge in [0.1, 0.15) is 23.0 Å². The molecule has 2 unspecified atom stereocenters. The second-order valence-electron chi connectivity index (χ2n) is 6.38. The minimum Gasteiger partial charge on any atom is -0.508 e. The third kappa shape index (κ3) is 1.87. The minimum absolute atomic E-state index is 0.0945. The number of aromatic hydroxyl groups is 1. The van der Waals surface area contributed by atoms with Gasteiger partial charge in [-0.05, 0) is 24.3 Å². The highest BCUT2D eigenvalue weighted by Crippen LogP contribution is 2.58. The lowest BCUT2D eigenvalue weighted by atomic mass is 9.77. The van der Waals surface area contributed by atoms with E-state index in [1.165, 1.54) is 0 Å². The highest BCUT2D eigenvalue weighted by molar-refractivity contribution is 5.65. The molecule has 0 amide bonds. The molecular weight excluding hydrogens is 332 g/mol. The fraction of sp³-hybridized carbons (Fsp3) is 0.143. The lowest BCUT2D eigenvalue weighted by molar-refractivity contribution is -0.142. The van der Waals surface area contributed by atoms with Crippen molar-refractivity contribution >= 4 is 0 Å². The van der Waals surface area contributed by atoms with Crippen molar-refractivity contribution in [2.75, 3.05) is 7.11 Å². The Morgan fingerprint density at radius 3 is 2.46 bits per heavy atom. The average molecular weight is 348 g/mol. The third-order valence-electron chi connectivity index (χ3n) is 5.03. The molecule has 5 rings (SSSR count). The van der Waals surface area contributed by atoms with Gasteiger partial charge in [0.15, 0.2) is 11.9 Å². The Bertz CT molecular complexity index is 1030. The summed E-state index contributed by atoms with van der Waals surface area (Å²) in [5.74, 6) is 1.78. The summed E-state index contributed by atoms with van der Waals surface area (Å²) < 4.78 is 17.5. The molecule has 2 atom stereocenters. The molecule has 5 heteroatoms. The summed E-state index contributed by atoms with van der Waals surface area (Å²) in [5, 5.41) is 20.5. The Balaban J connectivity index is 1.87. The van der Waals surface area contributed by atoms with Crippen LogP contribution in [-0.4, -0.2) is 17.3 Å². The van der Waals surface area contributed by atoms with Crippen LogP contribution < -0.4 is 9.47 Å². The Morgan fingerprint density at radius 2 is 1.65 bits per heavy atom. The number of phenolic OH excluding ortho intramolecular Hbond substituents is 1. The summed E-state index contributed by atoms with van der Waals surface area (Å²) in [4.78, 5) is 0. The van der Waals surface area contributed by atoms with E-state index in [2.05, 4.69) is 0 Å². The van der Waals surface area contributed by atoms with Gasteiger partial charge in [0.2, 0.25) is 0 Å². The molecule has 130 valence electrons. The zero-order valence-corrected chi connectivity index (χ0v) is 14.0. The van der Waals surface area contributed by atoms with Gasteiger partial charge in [0.05, 0.1) is 7.11 Å². The van der Waals surface area contributed by atoms with Gasteiger partial charge in [-0.15, -0.1) is 0 Å². The first-order valence-electron chi connectivity index (χ1n) is 8.28. The van der Waals surface area contributed by atoms with E-state index < -0.39 is 11.9 Å². The van der Waals surface area contributed by atoms with Crippen LogP contribution in [0.1, 0.15) is 28.5 Å². The highest BCUT2D eigenvalue weighted by atomic mass is 16.6. The molecule has 5 nitrogen and oxygen atoms in total. The normalized spacial score (nSPS) is 22.3. The molecule has 2 heterocycles. The van der Waals surface area contributed by atoms with Crippen molar-refractivity contribution < 1.29 is 24.4 Å². The van der Waals surface area contributed by atoms with Crippen molar-refractivity contribution in [2.24, 2.45) is 0 Å². The van der Waals surface area contributed by atoms with E-state index in [0.717, 1.165) is 22.3 Å². The zero-order chi connectivity index (χ0) is 17.9. The van der Waals surface area contributed by atoms with Gasteiger partial charge in [-0.1, -0.05) is 24.3 Å². The first-order valence-corrected chi connectivity index (χ1v) is 8.28. The van der Waals surface area contributed by atoms with E-state index in [0.29, 0.717) is 17.2 Å². The quantitative estimate of drug-likeness (QED) is 0.700. The van der Waals surface area contributed by atoms with Crippen molar-refractivity contribution in [3.63, 3.8) is 0 Å². The highest BCUT2D eigenvalue weighted by Gasteiger charge is 2.52. The molecule has 2 aliphatic rings. The van der Waals surface area contributed by atoms with Crippen molar-refractivity contribution in [1.29, 1.82) is 0 Å². The first kappa shape index (κ1) is 15.3. The van der Waals surface area contributed by atoms with Gasteiger partial charge in [0.25, 0.3) is 0 Å². The smallest absolute Gasteiger partial charge is 0.183 e. The molecular formula is C21H16O5. The van der Waals surface area contributed by atoms with Gasteiger partial charge >= 0.3 is 0 Å². The maximum Gasteiger partial charge on any atom is 0.183 e. The second-order valence-corrected chi connectivity index (χ2v) is 6.38. The number of fused-ring (bicyclic) bond motifs is 6. The van der Waals surface area contributed by atoms with Crippen molar-refractivity contribution in [1.82, 2.24) is 0 Å². The Morgan fingerprint density at radius 1 is 0.923 bits per heavy atom. The van der Waals surface area contributed by atoms with Crippen LogP contribution in [0.4, 0.5) is 0 Å². The van der Waals surface area contributed by atoms with Crippen molar-refractivity contribution in [3.05, 3.63) is 82.9 Å². The van der Waals surface area contributed by atoms with Crippen LogP contribution in [0.3, 0.4) is 0 Å². The minimum atomic E-state index is -1.05. The van der Waals surface area contributed by atoms with Crippen LogP contribution in [0.2, 0.25) is 0 Å². The molecule has 0 radical (unpaired) electrons. The van der Waals surface area contributed by atoms with Crippen LogP contribution in [-0.2, 0) is 10.3 Å². The van der Waals surface area contributed by atoms with E-state index in [4.69, 9.17) is 14.2 Å². The standard InChI is InChI=1S/C21H16O5/c1-24-13-7-9-17-19(11-13)25-18-10-12(22)6-8-16(18)21(17)15-5-3-2-4-14(15)20(23)26-21/h2-11,20,22-23H,1H3. The van der Waals surface area contributed by atoms with Gasteiger partial charge in [0, 0.05) is 34.4 Å². The molecule has 3 aromatic rings. The number of hydrogen-bond donors (Lipinski definition) is 2. The fourth-order valence-electron chi connectivity index (χ4n) is 3.90. The number of methoxy groups -OCH3 is 1. The number of aliphatic hydroxyl groups is 1. The van der Waals surface area contributed by atoms with Gasteiger partial charge in [-0.3, -0.25) is 0 Å². The monoisotopic (exact) mass is 348 g/mol. The van der Waals surface area contributed by atoms with Gasteiger partial charge < -0.3 is 24.4 Å². The molecule has 1 spiro atoms.